The van der Waals surface area contributed by atoms with Crippen molar-refractivity contribution < 1.29 is 0 Å². The highest BCUT2D eigenvalue weighted by atomic mass is 15.2. The van der Waals surface area contributed by atoms with Gasteiger partial charge in [0.2, 0.25) is 0 Å². The lowest BCUT2D eigenvalue weighted by molar-refractivity contribution is 0.674. The van der Waals surface area contributed by atoms with E-state index in [2.05, 4.69) is 143 Å². The molecule has 0 saturated heterocycles. The number of benzene rings is 7. The van der Waals surface area contributed by atoms with Crippen LogP contribution >= 0.6 is 0 Å². The molecule has 1 unspecified atom stereocenters. The molecule has 222 valence electrons. The van der Waals surface area contributed by atoms with E-state index in [0.29, 0.717) is 0 Å². The molecule has 0 spiro atoms. The van der Waals surface area contributed by atoms with Crippen LogP contribution in [0.5, 0.6) is 0 Å². The zero-order valence-corrected chi connectivity index (χ0v) is 25.6. The number of nitrogens with one attached hydrogen (secondary N) is 1. The summed E-state index contributed by atoms with van der Waals surface area (Å²) >= 11 is 0. The van der Waals surface area contributed by atoms with E-state index < -0.39 is 0 Å². The lowest BCUT2D eigenvalue weighted by atomic mass is 9.97. The van der Waals surface area contributed by atoms with Crippen molar-refractivity contribution >= 4 is 44.2 Å². The van der Waals surface area contributed by atoms with Gasteiger partial charge in [-0.15, -0.1) is 0 Å². The van der Waals surface area contributed by atoms with E-state index in [0.717, 1.165) is 28.4 Å². The number of hydrogen-bond donors (Lipinski definition) is 1. The predicted octanol–water partition coefficient (Wildman–Crippen LogP) is 10.1. The van der Waals surface area contributed by atoms with Gasteiger partial charge in [-0.3, -0.25) is 0 Å². The lowest BCUT2D eigenvalue weighted by Gasteiger charge is -2.23. The van der Waals surface area contributed by atoms with Crippen molar-refractivity contribution in [1.29, 1.82) is 0 Å². The third kappa shape index (κ3) is 4.79. The summed E-state index contributed by atoms with van der Waals surface area (Å²) in [4.78, 5) is 9.96. The molecule has 47 heavy (non-hydrogen) atoms. The molecule has 0 saturated carbocycles. The molecular formula is C43H30N4. The first-order chi connectivity index (χ1) is 23.3. The van der Waals surface area contributed by atoms with Gasteiger partial charge in [-0.25, -0.2) is 9.98 Å². The normalized spacial score (nSPS) is 14.6. The van der Waals surface area contributed by atoms with Crippen molar-refractivity contribution in [2.75, 3.05) is 0 Å². The number of fused-ring (bicyclic) bond motifs is 5. The Hall–Kier alpha value is -6.26. The van der Waals surface area contributed by atoms with Gasteiger partial charge in [-0.1, -0.05) is 140 Å². The molecule has 1 N–H and O–H groups in total. The minimum absolute atomic E-state index is 0.257. The number of para-hydroxylation sites is 2. The maximum Gasteiger partial charge on any atom is 0.159 e. The monoisotopic (exact) mass is 602 g/mol. The molecular weight excluding hydrogens is 573 g/mol. The van der Waals surface area contributed by atoms with Gasteiger partial charge in [-0.2, -0.15) is 0 Å². The van der Waals surface area contributed by atoms with Crippen molar-refractivity contribution in [1.82, 2.24) is 9.88 Å². The van der Waals surface area contributed by atoms with E-state index in [-0.39, 0.29) is 6.17 Å². The van der Waals surface area contributed by atoms with Crippen molar-refractivity contribution in [3.05, 3.63) is 187 Å². The van der Waals surface area contributed by atoms with Crippen LogP contribution in [0, 0.1) is 0 Å². The second-order valence-electron chi connectivity index (χ2n) is 11.9. The number of hydrogen-bond acceptors (Lipinski definition) is 3. The molecule has 4 nitrogen and oxygen atoms in total. The van der Waals surface area contributed by atoms with Crippen LogP contribution in [-0.2, 0) is 0 Å². The maximum atomic E-state index is 5.05. The van der Waals surface area contributed by atoms with Crippen LogP contribution < -0.4 is 5.32 Å². The van der Waals surface area contributed by atoms with E-state index in [1.165, 1.54) is 49.4 Å². The number of nitrogens with zero attached hydrogens (tertiary/aromatic N) is 3. The average molecular weight is 603 g/mol. The second kappa shape index (κ2) is 11.3. The third-order valence-corrected chi connectivity index (χ3v) is 9.05. The molecule has 0 radical (unpaired) electrons. The molecule has 9 rings (SSSR count). The quantitative estimate of drug-likeness (QED) is 0.209. The molecule has 1 aromatic heterocycles. The Morgan fingerprint density at radius 2 is 1.13 bits per heavy atom. The molecule has 0 amide bonds. The first-order valence-electron chi connectivity index (χ1n) is 16.0. The highest BCUT2D eigenvalue weighted by Crippen LogP contribution is 2.38. The van der Waals surface area contributed by atoms with Gasteiger partial charge < -0.3 is 9.88 Å². The Morgan fingerprint density at radius 3 is 1.89 bits per heavy atom. The van der Waals surface area contributed by atoms with Crippen LogP contribution in [-0.4, -0.2) is 16.2 Å². The van der Waals surface area contributed by atoms with Gasteiger partial charge in [0, 0.05) is 27.6 Å². The molecule has 1 aliphatic heterocycles. The summed E-state index contributed by atoms with van der Waals surface area (Å²) in [6.45, 7) is 0. The number of aliphatic imine (C=N–C) groups is 2. The van der Waals surface area contributed by atoms with Crippen LogP contribution in [0.25, 0.3) is 49.4 Å². The standard InChI is InChI=1S/C43H30N4/c1-4-12-31(13-5-1)41-44-42(32-14-6-2-7-15-32)46-43(45-41)33-23-20-29(21-24-33)34-25-22-30-26-27-39-40(37(30)28-34)36-18-10-11-19-38(36)47(39)35-16-8-3-9-17-35/h1-28,43H,(H,44,45,46). The van der Waals surface area contributed by atoms with Crippen molar-refractivity contribution in [2.24, 2.45) is 9.98 Å². The van der Waals surface area contributed by atoms with Crippen molar-refractivity contribution in [3.8, 4) is 16.8 Å². The van der Waals surface area contributed by atoms with Crippen LogP contribution in [0.15, 0.2) is 180 Å². The number of amidine groups is 2. The van der Waals surface area contributed by atoms with Crippen LogP contribution in [0.4, 0.5) is 0 Å². The molecule has 0 aliphatic carbocycles. The van der Waals surface area contributed by atoms with Gasteiger partial charge in [0.1, 0.15) is 12.0 Å². The van der Waals surface area contributed by atoms with Crippen molar-refractivity contribution in [2.45, 2.75) is 6.17 Å². The van der Waals surface area contributed by atoms with E-state index in [1.807, 2.05) is 36.4 Å². The minimum Gasteiger partial charge on any atom is -0.344 e. The van der Waals surface area contributed by atoms with Crippen LogP contribution in [0.2, 0.25) is 0 Å². The minimum atomic E-state index is -0.257. The highest BCUT2D eigenvalue weighted by Gasteiger charge is 2.21. The Kier molecular flexibility index (Phi) is 6.50. The summed E-state index contributed by atoms with van der Waals surface area (Å²) in [6, 6.07) is 59.9. The molecule has 8 aromatic rings. The van der Waals surface area contributed by atoms with E-state index in [9.17, 15) is 0 Å². The largest absolute Gasteiger partial charge is 0.344 e. The Balaban J connectivity index is 1.12. The zero-order valence-electron chi connectivity index (χ0n) is 25.6. The predicted molar refractivity (Wildman–Crippen MR) is 196 cm³/mol. The summed E-state index contributed by atoms with van der Waals surface area (Å²) in [5, 5.41) is 8.61. The Labute approximate surface area is 273 Å². The molecule has 0 bridgehead atoms. The van der Waals surface area contributed by atoms with Crippen molar-refractivity contribution in [3.63, 3.8) is 0 Å². The third-order valence-electron chi connectivity index (χ3n) is 9.05. The van der Waals surface area contributed by atoms with E-state index >= 15 is 0 Å². The molecule has 1 aliphatic rings. The lowest BCUT2D eigenvalue weighted by Crippen LogP contribution is -2.33. The molecule has 2 heterocycles. The fourth-order valence-electron chi connectivity index (χ4n) is 6.76. The summed E-state index contributed by atoms with van der Waals surface area (Å²) < 4.78 is 2.37. The van der Waals surface area contributed by atoms with Gasteiger partial charge in [0.15, 0.2) is 5.84 Å². The number of aromatic nitrogens is 1. The van der Waals surface area contributed by atoms with Gasteiger partial charge in [-0.05, 0) is 57.8 Å². The molecule has 7 aromatic carbocycles. The molecule has 4 heteroatoms. The topological polar surface area (TPSA) is 41.7 Å². The second-order valence-corrected chi connectivity index (χ2v) is 11.9. The fourth-order valence-corrected chi connectivity index (χ4v) is 6.76. The SMILES string of the molecule is c1ccc(C2=NC(c3ccc(-c4ccc5ccc6c(c5c4)c4ccccc4n6-c4ccccc4)cc3)NC(c3ccccc3)=N2)cc1. The fraction of sp³-hybridized carbons (Fsp3) is 0.0233. The van der Waals surface area contributed by atoms with Gasteiger partial charge in [0.05, 0.1) is 11.0 Å². The van der Waals surface area contributed by atoms with E-state index in [1.54, 1.807) is 0 Å². The summed E-state index contributed by atoms with van der Waals surface area (Å²) in [7, 11) is 0. The Morgan fingerprint density at radius 1 is 0.489 bits per heavy atom. The number of rotatable bonds is 5. The van der Waals surface area contributed by atoms with Crippen LogP contribution in [0.3, 0.4) is 0 Å². The average Bonchev–Trinajstić information content (AvgIpc) is 3.50. The first-order valence-corrected chi connectivity index (χ1v) is 16.0. The Bertz CT molecular complexity index is 2460. The summed E-state index contributed by atoms with van der Waals surface area (Å²) in [5.41, 5.74) is 9.06. The van der Waals surface area contributed by atoms with Gasteiger partial charge in [0.25, 0.3) is 0 Å². The van der Waals surface area contributed by atoms with E-state index in [4.69, 9.17) is 9.98 Å². The first kappa shape index (κ1) is 27.1. The smallest absolute Gasteiger partial charge is 0.159 e. The van der Waals surface area contributed by atoms with Gasteiger partial charge >= 0.3 is 0 Å². The van der Waals surface area contributed by atoms with Crippen LogP contribution in [0.1, 0.15) is 22.9 Å². The maximum absolute atomic E-state index is 5.05. The summed E-state index contributed by atoms with van der Waals surface area (Å²) in [5.74, 6) is 1.55. The highest BCUT2D eigenvalue weighted by molar-refractivity contribution is 6.21. The molecule has 0 fully saturated rings. The summed E-state index contributed by atoms with van der Waals surface area (Å²) in [6.07, 6.45) is -0.257. The molecule has 1 atom stereocenters. The zero-order chi connectivity index (χ0) is 31.2.